The Hall–Kier alpha value is -1.34. The van der Waals surface area contributed by atoms with Crippen molar-refractivity contribution >= 4 is 27.8 Å². The van der Waals surface area contributed by atoms with Crippen LogP contribution in [0, 0.1) is 0 Å². The zero-order chi connectivity index (χ0) is 14.7. The maximum atomic E-state index is 11.7. The molecule has 20 heavy (non-hydrogen) atoms. The number of piperazine rings is 1. The summed E-state index contributed by atoms with van der Waals surface area (Å²) in [5.74, 6) is 0.275. The number of nitrogens with zero attached hydrogens (tertiary/aromatic N) is 2. The molecule has 6 nitrogen and oxygen atoms in total. The van der Waals surface area contributed by atoms with Gasteiger partial charge in [0, 0.05) is 39.2 Å². The lowest BCUT2D eigenvalue weighted by Crippen LogP contribution is -2.47. The number of halogens is 1. The van der Waals surface area contributed by atoms with Crippen LogP contribution in [-0.2, 0) is 16.1 Å². The van der Waals surface area contributed by atoms with Gasteiger partial charge >= 0.3 is 5.97 Å². The van der Waals surface area contributed by atoms with E-state index in [4.69, 9.17) is 9.15 Å². The summed E-state index contributed by atoms with van der Waals surface area (Å²) in [4.78, 5) is 26.9. The van der Waals surface area contributed by atoms with Crippen molar-refractivity contribution in [1.29, 1.82) is 0 Å². The maximum absolute atomic E-state index is 11.7. The first-order valence-electron chi connectivity index (χ1n) is 6.35. The van der Waals surface area contributed by atoms with Crippen LogP contribution in [0.4, 0.5) is 0 Å². The van der Waals surface area contributed by atoms with E-state index in [1.807, 2.05) is 4.90 Å². The largest absolute Gasteiger partial charge is 0.465 e. The molecule has 0 saturated carbocycles. The van der Waals surface area contributed by atoms with E-state index in [0.717, 1.165) is 13.1 Å². The molecule has 0 unspecified atom stereocenters. The Morgan fingerprint density at radius 3 is 2.55 bits per heavy atom. The van der Waals surface area contributed by atoms with Gasteiger partial charge in [-0.25, -0.2) is 4.79 Å². The first-order chi connectivity index (χ1) is 9.51. The van der Waals surface area contributed by atoms with Gasteiger partial charge in [-0.05, 0) is 15.9 Å². The number of hydrogen-bond acceptors (Lipinski definition) is 5. The second-order valence-electron chi connectivity index (χ2n) is 4.66. The second-order valence-corrected chi connectivity index (χ2v) is 5.44. The third kappa shape index (κ3) is 3.40. The minimum Gasteiger partial charge on any atom is -0.465 e. The second kappa shape index (κ2) is 6.41. The van der Waals surface area contributed by atoms with Gasteiger partial charge in [0.25, 0.3) is 0 Å². The van der Waals surface area contributed by atoms with E-state index < -0.39 is 5.97 Å². The highest BCUT2D eigenvalue weighted by Gasteiger charge is 2.23. The van der Waals surface area contributed by atoms with Gasteiger partial charge in [0.2, 0.25) is 5.91 Å². The van der Waals surface area contributed by atoms with Crippen LogP contribution in [0.5, 0.6) is 0 Å². The summed E-state index contributed by atoms with van der Waals surface area (Å²) in [6.07, 6.45) is 0. The Morgan fingerprint density at radius 1 is 1.35 bits per heavy atom. The number of ether oxygens (including phenoxy) is 1. The topological polar surface area (TPSA) is 63.0 Å². The molecule has 1 fully saturated rings. The highest BCUT2D eigenvalue weighted by Crippen LogP contribution is 2.23. The van der Waals surface area contributed by atoms with Crippen molar-refractivity contribution in [2.45, 2.75) is 13.5 Å². The normalized spacial score (nSPS) is 16.2. The Balaban J connectivity index is 2.01. The fraction of sp³-hybridized carbons (Fsp3) is 0.538. The molecule has 0 aromatic carbocycles. The van der Waals surface area contributed by atoms with Crippen LogP contribution in [0.2, 0.25) is 0 Å². The van der Waals surface area contributed by atoms with Gasteiger partial charge in [-0.3, -0.25) is 9.69 Å². The summed E-state index contributed by atoms with van der Waals surface area (Å²) < 4.78 is 10.8. The predicted molar refractivity (Wildman–Crippen MR) is 75.3 cm³/mol. The molecular formula is C13H17BrN2O4. The molecule has 0 atom stereocenters. The predicted octanol–water partition coefficient (Wildman–Crippen LogP) is 1.49. The molecule has 0 radical (unpaired) electrons. The van der Waals surface area contributed by atoms with Gasteiger partial charge in [-0.1, -0.05) is 0 Å². The molecule has 0 N–H and O–H groups in total. The van der Waals surface area contributed by atoms with Crippen molar-refractivity contribution in [2.24, 2.45) is 0 Å². The van der Waals surface area contributed by atoms with E-state index in [1.54, 1.807) is 13.0 Å². The summed E-state index contributed by atoms with van der Waals surface area (Å²) in [6, 6.07) is 1.62. The number of esters is 1. The van der Waals surface area contributed by atoms with Crippen LogP contribution >= 0.6 is 15.9 Å². The molecule has 110 valence electrons. The van der Waals surface area contributed by atoms with Gasteiger partial charge in [0.1, 0.15) is 11.3 Å². The summed E-state index contributed by atoms with van der Waals surface area (Å²) >= 11 is 3.23. The SMILES string of the molecule is COC(=O)c1cc(Br)oc1CN1CCN(C(C)=O)CC1. The molecule has 1 aromatic rings. The van der Waals surface area contributed by atoms with E-state index in [9.17, 15) is 9.59 Å². The average Bonchev–Trinajstić information content (AvgIpc) is 2.79. The zero-order valence-corrected chi connectivity index (χ0v) is 13.1. The van der Waals surface area contributed by atoms with Crippen LogP contribution in [0.15, 0.2) is 15.2 Å². The Morgan fingerprint density at radius 2 is 2.00 bits per heavy atom. The number of carbonyl (C=O) groups excluding carboxylic acids is 2. The smallest absolute Gasteiger partial charge is 0.341 e. The monoisotopic (exact) mass is 344 g/mol. The maximum Gasteiger partial charge on any atom is 0.341 e. The van der Waals surface area contributed by atoms with E-state index in [0.29, 0.717) is 35.6 Å². The Labute approximate surface area is 125 Å². The summed E-state index contributed by atoms with van der Waals surface area (Å²) in [5, 5.41) is 0. The summed E-state index contributed by atoms with van der Waals surface area (Å²) in [5.41, 5.74) is 0.438. The van der Waals surface area contributed by atoms with Crippen LogP contribution in [0.1, 0.15) is 23.0 Å². The molecule has 0 aliphatic carbocycles. The fourth-order valence-electron chi connectivity index (χ4n) is 2.22. The van der Waals surface area contributed by atoms with Gasteiger partial charge in [0.15, 0.2) is 4.67 Å². The van der Waals surface area contributed by atoms with Gasteiger partial charge in [-0.15, -0.1) is 0 Å². The first-order valence-corrected chi connectivity index (χ1v) is 7.15. The Bertz CT molecular complexity index is 506. The average molecular weight is 345 g/mol. The van der Waals surface area contributed by atoms with Crippen LogP contribution in [0.3, 0.4) is 0 Å². The number of carbonyl (C=O) groups is 2. The molecule has 1 aliphatic rings. The van der Waals surface area contributed by atoms with Crippen molar-refractivity contribution in [1.82, 2.24) is 9.80 Å². The van der Waals surface area contributed by atoms with Crippen molar-refractivity contribution < 1.29 is 18.7 Å². The van der Waals surface area contributed by atoms with Crippen molar-refractivity contribution in [3.05, 3.63) is 22.1 Å². The number of rotatable bonds is 3. The lowest BCUT2D eigenvalue weighted by atomic mass is 10.2. The summed E-state index contributed by atoms with van der Waals surface area (Å²) in [6.45, 7) is 5.03. The Kier molecular flexibility index (Phi) is 4.82. The number of hydrogen-bond donors (Lipinski definition) is 0. The molecule has 2 rings (SSSR count). The van der Waals surface area contributed by atoms with Gasteiger partial charge in [0.05, 0.1) is 13.7 Å². The zero-order valence-electron chi connectivity index (χ0n) is 11.5. The molecule has 0 bridgehead atoms. The van der Waals surface area contributed by atoms with Gasteiger partial charge < -0.3 is 14.1 Å². The number of furan rings is 1. The molecule has 1 aromatic heterocycles. The molecule has 1 amide bonds. The van der Waals surface area contributed by atoms with E-state index >= 15 is 0 Å². The summed E-state index contributed by atoms with van der Waals surface area (Å²) in [7, 11) is 1.35. The van der Waals surface area contributed by atoms with Crippen molar-refractivity contribution in [3.63, 3.8) is 0 Å². The van der Waals surface area contributed by atoms with E-state index in [1.165, 1.54) is 7.11 Å². The van der Waals surface area contributed by atoms with E-state index in [2.05, 4.69) is 20.8 Å². The molecule has 7 heteroatoms. The van der Waals surface area contributed by atoms with Crippen LogP contribution in [-0.4, -0.2) is 55.0 Å². The lowest BCUT2D eigenvalue weighted by Gasteiger charge is -2.33. The third-order valence-corrected chi connectivity index (χ3v) is 3.76. The number of amides is 1. The molecule has 2 heterocycles. The van der Waals surface area contributed by atoms with Crippen LogP contribution < -0.4 is 0 Å². The number of methoxy groups -OCH3 is 1. The molecular weight excluding hydrogens is 328 g/mol. The van der Waals surface area contributed by atoms with Crippen molar-refractivity contribution in [2.75, 3.05) is 33.3 Å². The molecule has 0 spiro atoms. The fourth-order valence-corrected chi connectivity index (χ4v) is 2.64. The first kappa shape index (κ1) is 15.1. The van der Waals surface area contributed by atoms with E-state index in [-0.39, 0.29) is 5.91 Å². The standard InChI is InChI=1S/C13H17BrN2O4/c1-9(17)16-5-3-15(4-6-16)8-11-10(13(18)19-2)7-12(14)20-11/h7H,3-6,8H2,1-2H3. The minimum absolute atomic E-state index is 0.0978. The molecule has 1 aliphatic heterocycles. The third-order valence-electron chi connectivity index (χ3n) is 3.37. The van der Waals surface area contributed by atoms with Gasteiger partial charge in [-0.2, -0.15) is 0 Å². The highest BCUT2D eigenvalue weighted by molar-refractivity contribution is 9.10. The quantitative estimate of drug-likeness (QED) is 0.777. The lowest BCUT2D eigenvalue weighted by molar-refractivity contribution is -0.130. The molecule has 1 saturated heterocycles. The highest BCUT2D eigenvalue weighted by atomic mass is 79.9. The minimum atomic E-state index is -0.406. The van der Waals surface area contributed by atoms with Crippen LogP contribution in [0.25, 0.3) is 0 Å². The van der Waals surface area contributed by atoms with Crippen molar-refractivity contribution in [3.8, 4) is 0 Å².